The average Bonchev–Trinajstić information content (AvgIpc) is 2.31. The zero-order valence-corrected chi connectivity index (χ0v) is 9.66. The Morgan fingerprint density at radius 2 is 2.19 bits per heavy atom. The molecule has 1 N–H and O–H groups in total. The molecule has 0 amide bonds. The lowest BCUT2D eigenvalue weighted by Crippen LogP contribution is -2.31. The number of hydrogen-bond acceptors (Lipinski definition) is 1. The molecule has 1 saturated heterocycles. The Bertz CT molecular complexity index is 376. The third kappa shape index (κ3) is 2.53. The van der Waals surface area contributed by atoms with Crippen LogP contribution in [0.3, 0.4) is 0 Å². The fourth-order valence-electron chi connectivity index (χ4n) is 2.14. The minimum Gasteiger partial charge on any atom is -0.316 e. The van der Waals surface area contributed by atoms with Gasteiger partial charge in [-0.2, -0.15) is 0 Å². The molecule has 0 aliphatic carbocycles. The topological polar surface area (TPSA) is 12.0 Å². The molecule has 1 aliphatic heterocycles. The molecule has 2 rings (SSSR count). The summed E-state index contributed by atoms with van der Waals surface area (Å²) in [5.74, 6) is -0.795. The Kier molecular flexibility index (Phi) is 3.77. The second kappa shape index (κ2) is 5.11. The molecule has 1 unspecified atom stereocenters. The minimum atomic E-state index is -0.604. The largest absolute Gasteiger partial charge is 0.316 e. The molecule has 1 aromatic rings. The fraction of sp³-hybridized carbons (Fsp3) is 0.500. The minimum absolute atomic E-state index is 0.000156. The number of benzene rings is 1. The van der Waals surface area contributed by atoms with E-state index in [1.54, 1.807) is 0 Å². The van der Waals surface area contributed by atoms with Crippen LogP contribution in [0.15, 0.2) is 12.1 Å². The van der Waals surface area contributed by atoms with E-state index in [9.17, 15) is 8.78 Å². The van der Waals surface area contributed by atoms with Gasteiger partial charge in [0.05, 0.1) is 5.02 Å². The quantitative estimate of drug-likeness (QED) is 0.790. The van der Waals surface area contributed by atoms with Crippen LogP contribution < -0.4 is 5.32 Å². The zero-order valence-electron chi connectivity index (χ0n) is 8.90. The Morgan fingerprint density at radius 3 is 2.88 bits per heavy atom. The van der Waals surface area contributed by atoms with Crippen molar-refractivity contribution in [2.45, 2.75) is 19.3 Å². The lowest BCUT2D eigenvalue weighted by atomic mass is 9.92. The molecule has 0 spiro atoms. The first kappa shape index (κ1) is 11.8. The first-order valence-corrected chi connectivity index (χ1v) is 5.89. The molecule has 4 heteroatoms. The van der Waals surface area contributed by atoms with Crippen LogP contribution in [0.5, 0.6) is 0 Å². The summed E-state index contributed by atoms with van der Waals surface area (Å²) >= 11 is 5.65. The summed E-state index contributed by atoms with van der Waals surface area (Å²) in [6, 6.07) is 2.49. The molecule has 16 heavy (non-hydrogen) atoms. The lowest BCUT2D eigenvalue weighted by Gasteiger charge is -2.23. The van der Waals surface area contributed by atoms with Crippen molar-refractivity contribution >= 4 is 11.6 Å². The third-order valence-corrected chi connectivity index (χ3v) is 3.32. The number of halogens is 3. The summed E-state index contributed by atoms with van der Waals surface area (Å²) in [5.41, 5.74) is 0.126. The van der Waals surface area contributed by atoms with E-state index in [1.807, 2.05) is 0 Å². The molecule has 88 valence electrons. The second-order valence-corrected chi connectivity index (χ2v) is 4.65. The highest BCUT2D eigenvalue weighted by Gasteiger charge is 2.19. The molecule has 1 atom stereocenters. The van der Waals surface area contributed by atoms with Crippen molar-refractivity contribution in [1.82, 2.24) is 5.32 Å². The molecular weight excluding hydrogens is 232 g/mol. The summed E-state index contributed by atoms with van der Waals surface area (Å²) in [6.45, 7) is 1.82. The molecule has 1 nitrogen and oxygen atoms in total. The molecule has 1 fully saturated rings. The highest BCUT2D eigenvalue weighted by molar-refractivity contribution is 6.30. The molecule has 0 saturated carbocycles. The maximum absolute atomic E-state index is 13.6. The van der Waals surface area contributed by atoms with Gasteiger partial charge >= 0.3 is 0 Å². The van der Waals surface area contributed by atoms with Crippen molar-refractivity contribution in [3.8, 4) is 0 Å². The van der Waals surface area contributed by atoms with Crippen LogP contribution in [-0.4, -0.2) is 13.1 Å². The van der Waals surface area contributed by atoms with E-state index in [0.717, 1.165) is 25.9 Å². The summed E-state index contributed by atoms with van der Waals surface area (Å²) in [7, 11) is 0. The van der Waals surface area contributed by atoms with Crippen molar-refractivity contribution in [2.24, 2.45) is 5.92 Å². The summed E-state index contributed by atoms with van der Waals surface area (Å²) in [4.78, 5) is 0. The number of hydrogen-bond donors (Lipinski definition) is 1. The van der Waals surface area contributed by atoms with E-state index in [-0.39, 0.29) is 10.6 Å². The molecule has 0 aromatic heterocycles. The molecule has 1 aliphatic rings. The van der Waals surface area contributed by atoms with Gasteiger partial charge in [-0.25, -0.2) is 8.78 Å². The number of piperidine rings is 1. The predicted molar refractivity (Wildman–Crippen MR) is 60.7 cm³/mol. The first-order chi connectivity index (χ1) is 7.68. The van der Waals surface area contributed by atoms with Crippen molar-refractivity contribution in [1.29, 1.82) is 0 Å². The van der Waals surface area contributed by atoms with Gasteiger partial charge in [-0.05, 0) is 50.4 Å². The highest BCUT2D eigenvalue weighted by atomic mass is 35.5. The molecule has 1 heterocycles. The maximum Gasteiger partial charge on any atom is 0.147 e. The summed E-state index contributed by atoms with van der Waals surface area (Å²) < 4.78 is 27.1. The van der Waals surface area contributed by atoms with E-state index in [1.165, 1.54) is 12.1 Å². The van der Waals surface area contributed by atoms with Crippen LogP contribution in [0.4, 0.5) is 8.78 Å². The van der Waals surface area contributed by atoms with Gasteiger partial charge in [0.1, 0.15) is 11.6 Å². The monoisotopic (exact) mass is 245 g/mol. The average molecular weight is 246 g/mol. The van der Waals surface area contributed by atoms with E-state index in [4.69, 9.17) is 11.6 Å². The Hall–Kier alpha value is -0.670. The summed E-state index contributed by atoms with van der Waals surface area (Å²) in [6.07, 6.45) is 2.50. The lowest BCUT2D eigenvalue weighted by molar-refractivity contribution is 0.367. The molecule has 0 radical (unpaired) electrons. The molecular formula is C12H14ClF2N. The standard InChI is InChI=1S/C12H14ClF2N/c13-10-3-4-11(14)9(12(10)15)6-8-2-1-5-16-7-8/h3-4,8,16H,1-2,5-7H2. The van der Waals surface area contributed by atoms with Crippen molar-refractivity contribution in [2.75, 3.05) is 13.1 Å². The van der Waals surface area contributed by atoms with E-state index in [0.29, 0.717) is 12.3 Å². The van der Waals surface area contributed by atoms with Crippen LogP contribution in [0.1, 0.15) is 18.4 Å². The van der Waals surface area contributed by atoms with Crippen LogP contribution in [0, 0.1) is 17.6 Å². The highest BCUT2D eigenvalue weighted by Crippen LogP contribution is 2.25. The third-order valence-electron chi connectivity index (χ3n) is 3.03. The normalized spacial score (nSPS) is 21.1. The van der Waals surface area contributed by atoms with Gasteiger partial charge in [-0.15, -0.1) is 0 Å². The van der Waals surface area contributed by atoms with Crippen LogP contribution >= 0.6 is 11.6 Å². The van der Waals surface area contributed by atoms with Crippen molar-refractivity contribution in [3.63, 3.8) is 0 Å². The van der Waals surface area contributed by atoms with E-state index >= 15 is 0 Å². The van der Waals surface area contributed by atoms with E-state index < -0.39 is 11.6 Å². The second-order valence-electron chi connectivity index (χ2n) is 4.24. The van der Waals surface area contributed by atoms with Gasteiger partial charge in [0.25, 0.3) is 0 Å². The fourth-order valence-corrected chi connectivity index (χ4v) is 2.32. The van der Waals surface area contributed by atoms with Gasteiger partial charge < -0.3 is 5.32 Å². The zero-order chi connectivity index (χ0) is 11.5. The first-order valence-electron chi connectivity index (χ1n) is 5.51. The van der Waals surface area contributed by atoms with Crippen LogP contribution in [0.2, 0.25) is 5.02 Å². The maximum atomic E-state index is 13.6. The van der Waals surface area contributed by atoms with E-state index in [2.05, 4.69) is 5.32 Å². The van der Waals surface area contributed by atoms with Crippen molar-refractivity contribution < 1.29 is 8.78 Å². The Labute approximate surface area is 98.8 Å². The SMILES string of the molecule is Fc1ccc(Cl)c(F)c1CC1CCCNC1. The van der Waals surface area contributed by atoms with Gasteiger partial charge in [0, 0.05) is 5.56 Å². The Morgan fingerprint density at radius 1 is 1.38 bits per heavy atom. The van der Waals surface area contributed by atoms with Gasteiger partial charge in [0.15, 0.2) is 0 Å². The van der Waals surface area contributed by atoms with Gasteiger partial charge in [0.2, 0.25) is 0 Å². The predicted octanol–water partition coefficient (Wildman–Crippen LogP) is 3.16. The molecule has 1 aromatic carbocycles. The van der Waals surface area contributed by atoms with Gasteiger partial charge in [-0.1, -0.05) is 11.6 Å². The number of rotatable bonds is 2. The van der Waals surface area contributed by atoms with Crippen LogP contribution in [0.25, 0.3) is 0 Å². The van der Waals surface area contributed by atoms with Crippen molar-refractivity contribution in [3.05, 3.63) is 34.4 Å². The van der Waals surface area contributed by atoms with Gasteiger partial charge in [-0.3, -0.25) is 0 Å². The summed E-state index contributed by atoms with van der Waals surface area (Å²) in [5, 5.41) is 3.23. The molecule has 0 bridgehead atoms. The van der Waals surface area contributed by atoms with Crippen LogP contribution in [-0.2, 0) is 6.42 Å². The Balaban J connectivity index is 2.16. The number of nitrogens with one attached hydrogen (secondary N) is 1. The smallest absolute Gasteiger partial charge is 0.147 e.